The highest BCUT2D eigenvalue weighted by Gasteiger charge is 2.28. The fourth-order valence-corrected chi connectivity index (χ4v) is 2.38. The van der Waals surface area contributed by atoms with Crippen LogP contribution in [0, 0.1) is 10.1 Å². The molecule has 0 radical (unpaired) electrons. The van der Waals surface area contributed by atoms with Gasteiger partial charge in [0.05, 0.1) is 12.0 Å². The lowest BCUT2D eigenvalue weighted by molar-refractivity contribution is -0.384. The van der Waals surface area contributed by atoms with Gasteiger partial charge < -0.3 is 15.0 Å². The van der Waals surface area contributed by atoms with Crippen molar-refractivity contribution < 1.29 is 9.66 Å². The Morgan fingerprint density at radius 1 is 1.63 bits per heavy atom. The van der Waals surface area contributed by atoms with Crippen LogP contribution in [0.5, 0.6) is 5.88 Å². The van der Waals surface area contributed by atoms with E-state index < -0.39 is 4.92 Å². The summed E-state index contributed by atoms with van der Waals surface area (Å²) in [7, 11) is 1.51. The van der Waals surface area contributed by atoms with Crippen LogP contribution in [0.4, 0.5) is 11.5 Å². The van der Waals surface area contributed by atoms with Gasteiger partial charge in [0.15, 0.2) is 0 Å². The molecule has 7 nitrogen and oxygen atoms in total. The van der Waals surface area contributed by atoms with E-state index in [0.717, 1.165) is 19.5 Å². The summed E-state index contributed by atoms with van der Waals surface area (Å²) in [6.45, 7) is 4.40. The van der Waals surface area contributed by atoms with Gasteiger partial charge in [-0.05, 0) is 19.9 Å². The first-order valence-electron chi connectivity index (χ1n) is 6.34. The maximum Gasteiger partial charge on any atom is 0.311 e. The van der Waals surface area contributed by atoms with E-state index in [0.29, 0.717) is 18.2 Å². The minimum absolute atomic E-state index is 0.0227. The third-order valence-corrected chi connectivity index (χ3v) is 3.32. The van der Waals surface area contributed by atoms with Gasteiger partial charge in [-0.3, -0.25) is 10.1 Å². The van der Waals surface area contributed by atoms with E-state index in [9.17, 15) is 10.1 Å². The van der Waals surface area contributed by atoms with Crippen molar-refractivity contribution >= 4 is 11.5 Å². The number of methoxy groups -OCH3 is 1. The van der Waals surface area contributed by atoms with E-state index in [1.54, 1.807) is 0 Å². The van der Waals surface area contributed by atoms with Crippen molar-refractivity contribution in [2.24, 2.45) is 0 Å². The molecule has 0 spiro atoms. The maximum absolute atomic E-state index is 11.1. The minimum atomic E-state index is -0.396. The van der Waals surface area contributed by atoms with Gasteiger partial charge >= 0.3 is 5.69 Å². The second-order valence-corrected chi connectivity index (χ2v) is 4.39. The first-order chi connectivity index (χ1) is 9.17. The largest absolute Gasteiger partial charge is 0.481 e. The van der Waals surface area contributed by atoms with Gasteiger partial charge in [-0.2, -0.15) is 4.98 Å². The van der Waals surface area contributed by atoms with Crippen LogP contribution in [0.25, 0.3) is 0 Å². The number of hydrogen-bond donors (Lipinski definition) is 1. The van der Waals surface area contributed by atoms with Crippen molar-refractivity contribution in [1.82, 2.24) is 10.3 Å². The van der Waals surface area contributed by atoms with E-state index in [2.05, 4.69) is 10.3 Å². The summed E-state index contributed by atoms with van der Waals surface area (Å²) in [6.07, 6.45) is 0.962. The number of nitro groups is 1. The molecule has 0 aliphatic carbocycles. The lowest BCUT2D eigenvalue weighted by Gasteiger charge is -2.27. The Balaban J connectivity index is 2.40. The third-order valence-electron chi connectivity index (χ3n) is 3.32. The SMILES string of the molecule is CCN(c1nc(OC)ccc1[N+](=O)[O-])C1CCNC1. The molecule has 1 N–H and O–H groups in total. The minimum Gasteiger partial charge on any atom is -0.481 e. The van der Waals surface area contributed by atoms with Crippen molar-refractivity contribution in [3.8, 4) is 5.88 Å². The van der Waals surface area contributed by atoms with Gasteiger partial charge in [-0.1, -0.05) is 0 Å². The van der Waals surface area contributed by atoms with E-state index in [-0.39, 0.29) is 11.7 Å². The van der Waals surface area contributed by atoms with Gasteiger partial charge in [-0.25, -0.2) is 0 Å². The fraction of sp³-hybridized carbons (Fsp3) is 0.583. The monoisotopic (exact) mass is 266 g/mol. The zero-order valence-corrected chi connectivity index (χ0v) is 11.1. The van der Waals surface area contributed by atoms with Crippen molar-refractivity contribution in [3.63, 3.8) is 0 Å². The number of rotatable bonds is 5. The summed E-state index contributed by atoms with van der Waals surface area (Å²) in [5, 5.41) is 14.4. The quantitative estimate of drug-likeness (QED) is 0.637. The summed E-state index contributed by atoms with van der Waals surface area (Å²) in [4.78, 5) is 17.0. The summed E-state index contributed by atoms with van der Waals surface area (Å²) >= 11 is 0. The maximum atomic E-state index is 11.1. The Hall–Kier alpha value is -1.89. The number of aromatic nitrogens is 1. The average Bonchev–Trinajstić information content (AvgIpc) is 2.93. The predicted molar refractivity (Wildman–Crippen MR) is 71.7 cm³/mol. The lowest BCUT2D eigenvalue weighted by Crippen LogP contribution is -2.37. The normalized spacial score (nSPS) is 18.3. The third kappa shape index (κ3) is 2.76. The highest BCUT2D eigenvalue weighted by Crippen LogP contribution is 2.30. The molecular weight excluding hydrogens is 248 g/mol. The van der Waals surface area contributed by atoms with Crippen LogP contribution in [-0.4, -0.2) is 42.7 Å². The average molecular weight is 266 g/mol. The number of likely N-dealkylation sites (N-methyl/N-ethyl adjacent to an activating group) is 1. The Bertz CT molecular complexity index is 460. The molecule has 1 fully saturated rings. The van der Waals surface area contributed by atoms with Crippen LogP contribution in [0.2, 0.25) is 0 Å². The Morgan fingerprint density at radius 3 is 2.95 bits per heavy atom. The van der Waals surface area contributed by atoms with Crippen LogP contribution in [0.1, 0.15) is 13.3 Å². The Morgan fingerprint density at radius 2 is 2.42 bits per heavy atom. The smallest absolute Gasteiger partial charge is 0.311 e. The number of ether oxygens (including phenoxy) is 1. The molecule has 2 heterocycles. The molecular formula is C12H18N4O3. The zero-order chi connectivity index (χ0) is 13.8. The van der Waals surface area contributed by atoms with E-state index in [4.69, 9.17) is 4.74 Å². The number of hydrogen-bond acceptors (Lipinski definition) is 6. The molecule has 1 saturated heterocycles. The molecule has 19 heavy (non-hydrogen) atoms. The van der Waals surface area contributed by atoms with Crippen molar-refractivity contribution in [1.29, 1.82) is 0 Å². The van der Waals surface area contributed by atoms with Crippen LogP contribution >= 0.6 is 0 Å². The fourth-order valence-electron chi connectivity index (χ4n) is 2.38. The predicted octanol–water partition coefficient (Wildman–Crippen LogP) is 1.19. The molecule has 0 aromatic carbocycles. The number of nitrogens with one attached hydrogen (secondary N) is 1. The van der Waals surface area contributed by atoms with Gasteiger partial charge in [-0.15, -0.1) is 0 Å². The molecule has 0 saturated carbocycles. The van der Waals surface area contributed by atoms with E-state index >= 15 is 0 Å². The molecule has 2 rings (SSSR count). The summed E-state index contributed by atoms with van der Waals surface area (Å²) in [5.74, 6) is 0.783. The number of pyridine rings is 1. The molecule has 1 aromatic heterocycles. The standard InChI is InChI=1S/C12H18N4O3/c1-3-15(9-6-7-13-8-9)12-10(16(17)18)4-5-11(14-12)19-2/h4-5,9,13H,3,6-8H2,1-2H3. The number of anilines is 1. The van der Waals surface area contributed by atoms with Crippen LogP contribution in [0.15, 0.2) is 12.1 Å². The summed E-state index contributed by atoms with van der Waals surface area (Å²) in [5.41, 5.74) is 0.0227. The highest BCUT2D eigenvalue weighted by atomic mass is 16.6. The summed E-state index contributed by atoms with van der Waals surface area (Å²) < 4.78 is 5.07. The molecule has 7 heteroatoms. The van der Waals surface area contributed by atoms with Crippen LogP contribution in [0.3, 0.4) is 0 Å². The molecule has 0 amide bonds. The van der Waals surface area contributed by atoms with Gasteiger partial charge in [0.2, 0.25) is 11.7 Å². The molecule has 104 valence electrons. The van der Waals surface area contributed by atoms with E-state index in [1.807, 2.05) is 11.8 Å². The summed E-state index contributed by atoms with van der Waals surface area (Å²) in [6, 6.07) is 3.21. The zero-order valence-electron chi connectivity index (χ0n) is 11.1. The van der Waals surface area contributed by atoms with E-state index in [1.165, 1.54) is 19.2 Å². The molecule has 1 aliphatic heterocycles. The van der Waals surface area contributed by atoms with Crippen molar-refractivity contribution in [3.05, 3.63) is 22.2 Å². The molecule has 1 aliphatic rings. The molecule has 1 aromatic rings. The van der Waals surface area contributed by atoms with Gasteiger partial charge in [0.25, 0.3) is 0 Å². The first-order valence-corrected chi connectivity index (χ1v) is 6.34. The Kier molecular flexibility index (Phi) is 4.16. The van der Waals surface area contributed by atoms with Crippen LogP contribution < -0.4 is 15.0 Å². The van der Waals surface area contributed by atoms with Crippen molar-refractivity contribution in [2.75, 3.05) is 31.6 Å². The van der Waals surface area contributed by atoms with Gasteiger partial charge in [0.1, 0.15) is 0 Å². The topological polar surface area (TPSA) is 80.5 Å². The second-order valence-electron chi connectivity index (χ2n) is 4.39. The molecule has 1 atom stereocenters. The first kappa shape index (κ1) is 13.5. The van der Waals surface area contributed by atoms with Gasteiger partial charge in [0, 0.05) is 31.3 Å². The molecule has 0 bridgehead atoms. The Labute approximate surface area is 111 Å². The highest BCUT2D eigenvalue weighted by molar-refractivity contribution is 5.59. The number of nitrogens with zero attached hydrogens (tertiary/aromatic N) is 3. The van der Waals surface area contributed by atoms with Crippen LogP contribution in [-0.2, 0) is 0 Å². The molecule has 1 unspecified atom stereocenters. The second kappa shape index (κ2) is 5.83. The lowest BCUT2D eigenvalue weighted by atomic mass is 10.2. The van der Waals surface area contributed by atoms with Crippen molar-refractivity contribution in [2.45, 2.75) is 19.4 Å².